The summed E-state index contributed by atoms with van der Waals surface area (Å²) in [5, 5.41) is 0. The van der Waals surface area contributed by atoms with Crippen molar-refractivity contribution in [3.05, 3.63) is 77.9 Å². The van der Waals surface area contributed by atoms with Gasteiger partial charge in [-0.05, 0) is 47.4 Å². The molecule has 2 aliphatic rings. The lowest BCUT2D eigenvalue weighted by atomic mass is 9.83. The molecule has 0 unspecified atom stereocenters. The highest BCUT2D eigenvalue weighted by Crippen LogP contribution is 2.50. The van der Waals surface area contributed by atoms with E-state index in [9.17, 15) is 0 Å². The average Bonchev–Trinajstić information content (AvgIpc) is 3.15. The monoisotopic (exact) mass is 412 g/mol. The minimum atomic E-state index is -0.850. The molecule has 3 aromatic rings. The first-order chi connectivity index (χ1) is 14.8. The van der Waals surface area contributed by atoms with E-state index >= 15 is 0 Å². The molecule has 1 atom stereocenters. The Hall–Kier alpha value is -3.67. The van der Waals surface area contributed by atoms with Crippen molar-refractivity contribution in [2.24, 2.45) is 16.1 Å². The Bertz CT molecular complexity index is 1210. The van der Waals surface area contributed by atoms with Crippen molar-refractivity contribution in [1.82, 2.24) is 9.97 Å². The van der Waals surface area contributed by atoms with Gasteiger partial charge in [0.25, 0.3) is 6.02 Å². The zero-order valence-corrected chi connectivity index (χ0v) is 17.8. The second kappa shape index (κ2) is 6.94. The summed E-state index contributed by atoms with van der Waals surface area (Å²) in [4.78, 5) is 13.9. The van der Waals surface area contributed by atoms with E-state index in [-0.39, 0.29) is 18.0 Å². The van der Waals surface area contributed by atoms with E-state index in [1.807, 2.05) is 48.7 Å². The molecule has 31 heavy (non-hydrogen) atoms. The van der Waals surface area contributed by atoms with Crippen LogP contribution in [0.5, 0.6) is 11.5 Å². The molecular weight excluding hydrogens is 388 g/mol. The molecule has 2 aromatic heterocycles. The molecule has 0 fully saturated rings. The van der Waals surface area contributed by atoms with Crippen molar-refractivity contribution in [3.63, 3.8) is 0 Å². The van der Waals surface area contributed by atoms with E-state index in [0.29, 0.717) is 11.4 Å². The number of nitrogens with zero attached hydrogens (tertiary/aromatic N) is 3. The lowest BCUT2D eigenvalue weighted by Gasteiger charge is -2.32. The van der Waals surface area contributed by atoms with E-state index < -0.39 is 5.54 Å². The zero-order valence-electron chi connectivity index (χ0n) is 17.8. The Balaban J connectivity index is 1.67. The van der Waals surface area contributed by atoms with Crippen LogP contribution in [0.3, 0.4) is 0 Å². The number of aromatic nitrogens is 2. The number of benzene rings is 1. The third-order valence-electron chi connectivity index (χ3n) is 5.40. The van der Waals surface area contributed by atoms with E-state index in [4.69, 9.17) is 25.2 Å². The molecule has 6 nitrogen and oxygen atoms in total. The smallest absolute Gasteiger partial charge is 0.283 e. The molecule has 1 spiro atoms. The number of rotatable bonds is 2. The number of pyridine rings is 2. The molecule has 0 bridgehead atoms. The number of hydrogen-bond acceptors (Lipinski definition) is 6. The van der Waals surface area contributed by atoms with Crippen LogP contribution in [0, 0.1) is 5.41 Å². The Kier molecular flexibility index (Phi) is 4.32. The van der Waals surface area contributed by atoms with Crippen LogP contribution in [-0.4, -0.2) is 22.6 Å². The highest BCUT2D eigenvalue weighted by atomic mass is 16.5. The fraction of sp³-hybridized carbons (Fsp3) is 0.240. The molecule has 0 amide bonds. The molecule has 156 valence electrons. The maximum Gasteiger partial charge on any atom is 0.283 e. The minimum Gasteiger partial charge on any atom is -0.462 e. The summed E-state index contributed by atoms with van der Waals surface area (Å²) in [6.07, 6.45) is 7.76. The van der Waals surface area contributed by atoms with Crippen molar-refractivity contribution >= 4 is 12.1 Å². The van der Waals surface area contributed by atoms with Crippen molar-refractivity contribution in [1.29, 1.82) is 0 Å². The summed E-state index contributed by atoms with van der Waals surface area (Å²) in [6.45, 7) is 6.73. The molecule has 5 rings (SSSR count). The Labute approximate surface area is 181 Å². The maximum absolute atomic E-state index is 6.22. The number of fused-ring (bicyclic) bond motifs is 4. The van der Waals surface area contributed by atoms with E-state index in [1.54, 1.807) is 6.20 Å². The van der Waals surface area contributed by atoms with Gasteiger partial charge in [-0.3, -0.25) is 4.98 Å². The number of allylic oxidation sites excluding steroid dienone is 1. The van der Waals surface area contributed by atoms with E-state index in [1.165, 1.54) is 0 Å². The zero-order chi connectivity index (χ0) is 21.6. The van der Waals surface area contributed by atoms with Gasteiger partial charge in [0.1, 0.15) is 18.1 Å². The second-order valence-corrected chi connectivity index (χ2v) is 8.94. The van der Waals surface area contributed by atoms with Crippen molar-refractivity contribution in [3.8, 4) is 22.6 Å². The predicted molar refractivity (Wildman–Crippen MR) is 121 cm³/mol. The van der Waals surface area contributed by atoms with Gasteiger partial charge in [-0.15, -0.1) is 0 Å². The third-order valence-corrected chi connectivity index (χ3v) is 5.40. The molecule has 4 heterocycles. The van der Waals surface area contributed by atoms with Crippen LogP contribution in [0.1, 0.15) is 37.7 Å². The van der Waals surface area contributed by atoms with Crippen molar-refractivity contribution in [2.45, 2.75) is 26.3 Å². The lowest BCUT2D eigenvalue weighted by Crippen LogP contribution is -2.32. The molecule has 0 radical (unpaired) electrons. The lowest BCUT2D eigenvalue weighted by molar-refractivity contribution is 0.260. The van der Waals surface area contributed by atoms with Crippen LogP contribution in [0.2, 0.25) is 0 Å². The molecule has 0 saturated heterocycles. The van der Waals surface area contributed by atoms with Gasteiger partial charge < -0.3 is 15.2 Å². The fourth-order valence-corrected chi connectivity index (χ4v) is 3.86. The van der Waals surface area contributed by atoms with Gasteiger partial charge in [0.15, 0.2) is 11.3 Å². The van der Waals surface area contributed by atoms with Crippen LogP contribution in [-0.2, 0) is 10.3 Å². The van der Waals surface area contributed by atoms with Gasteiger partial charge in [-0.25, -0.2) is 9.98 Å². The van der Waals surface area contributed by atoms with E-state index in [0.717, 1.165) is 28.1 Å². The summed E-state index contributed by atoms with van der Waals surface area (Å²) < 4.78 is 11.9. The van der Waals surface area contributed by atoms with Gasteiger partial charge in [-0.1, -0.05) is 39.0 Å². The largest absolute Gasteiger partial charge is 0.462 e. The number of hydrogen-bond donors (Lipinski definition) is 1. The van der Waals surface area contributed by atoms with Crippen molar-refractivity contribution < 1.29 is 9.47 Å². The first kappa shape index (κ1) is 19.3. The summed E-state index contributed by atoms with van der Waals surface area (Å²) in [5.74, 6) is 1.39. The SMILES string of the molecule is CC(C)(C)C=Cc1ccc2c(n1)[C@]1(COC(N)=N1)c1cc(-c3cccnc3)ccc1O2. The quantitative estimate of drug-likeness (QED) is 0.647. The third kappa shape index (κ3) is 3.44. The number of nitrogens with two attached hydrogens (primary N) is 1. The minimum absolute atomic E-state index is 0.0516. The van der Waals surface area contributed by atoms with Crippen molar-refractivity contribution in [2.75, 3.05) is 6.61 Å². The van der Waals surface area contributed by atoms with Crippen LogP contribution in [0.4, 0.5) is 0 Å². The van der Waals surface area contributed by atoms with Crippen LogP contribution in [0.25, 0.3) is 17.2 Å². The topological polar surface area (TPSA) is 82.6 Å². The Morgan fingerprint density at radius 2 is 1.90 bits per heavy atom. The highest BCUT2D eigenvalue weighted by molar-refractivity contribution is 5.77. The highest BCUT2D eigenvalue weighted by Gasteiger charge is 2.48. The normalized spacial score (nSPS) is 19.5. The molecule has 0 saturated carbocycles. The van der Waals surface area contributed by atoms with Gasteiger partial charge in [0, 0.05) is 23.5 Å². The Morgan fingerprint density at radius 3 is 2.61 bits per heavy atom. The molecule has 2 N–H and O–H groups in total. The summed E-state index contributed by atoms with van der Waals surface area (Å²) in [6, 6.07) is 14.0. The maximum atomic E-state index is 6.22. The molecule has 1 aromatic carbocycles. The predicted octanol–water partition coefficient (Wildman–Crippen LogP) is 4.90. The van der Waals surface area contributed by atoms with E-state index in [2.05, 4.69) is 37.9 Å². The van der Waals surface area contributed by atoms with Crippen LogP contribution in [0.15, 0.2) is 65.9 Å². The number of amidine groups is 1. The van der Waals surface area contributed by atoms with Gasteiger partial charge in [0.05, 0.1) is 5.69 Å². The summed E-state index contributed by atoms with van der Waals surface area (Å²) in [5.41, 5.74) is 9.65. The first-order valence-electron chi connectivity index (χ1n) is 10.3. The summed E-state index contributed by atoms with van der Waals surface area (Å²) in [7, 11) is 0. The van der Waals surface area contributed by atoms with Gasteiger partial charge in [0.2, 0.25) is 0 Å². The first-order valence-corrected chi connectivity index (χ1v) is 10.3. The average molecular weight is 412 g/mol. The second-order valence-electron chi connectivity index (χ2n) is 8.94. The molecule has 0 aliphatic carbocycles. The standard InChI is InChI=1S/C25H24N4O2/c1-24(2,3)11-10-18-7-9-21-22(28-18)25(15-30-23(26)29-25)19-13-16(6-8-20(19)31-21)17-5-4-12-27-14-17/h4-14H,15H2,1-3H3,(H2,26,29)/t25-/m0/s1. The van der Waals surface area contributed by atoms with Crippen LogP contribution < -0.4 is 10.5 Å². The number of aliphatic imine (C=N–C) groups is 1. The molecule has 2 aliphatic heterocycles. The fourth-order valence-electron chi connectivity index (χ4n) is 3.86. The molecular formula is C25H24N4O2. The van der Waals surface area contributed by atoms with Crippen LogP contribution >= 0.6 is 0 Å². The Morgan fingerprint density at radius 1 is 1.06 bits per heavy atom. The summed E-state index contributed by atoms with van der Waals surface area (Å²) >= 11 is 0. The van der Waals surface area contributed by atoms with Gasteiger partial charge >= 0.3 is 0 Å². The van der Waals surface area contributed by atoms with Gasteiger partial charge in [-0.2, -0.15) is 0 Å². The number of ether oxygens (including phenoxy) is 2. The molecule has 6 heteroatoms.